The van der Waals surface area contributed by atoms with E-state index in [1.165, 1.54) is 6.20 Å². The Balaban J connectivity index is 2.13. The molecule has 0 N–H and O–H groups in total. The zero-order chi connectivity index (χ0) is 12.3. The van der Waals surface area contributed by atoms with Gasteiger partial charge in [0.1, 0.15) is 5.69 Å². The molecule has 17 heavy (non-hydrogen) atoms. The number of nitriles is 1. The van der Waals surface area contributed by atoms with Gasteiger partial charge in [-0.05, 0) is 25.0 Å². The fraction of sp³-hybridized carbons (Fsp3) is 0.417. The average Bonchev–Trinajstić information content (AvgIpc) is 3.14. The predicted octanol–water partition coefficient (Wildman–Crippen LogP) is 2.25. The smallest absolute Gasteiger partial charge is 0.272 e. The molecule has 0 aliphatic heterocycles. The molecule has 1 aromatic heterocycles. The van der Waals surface area contributed by atoms with E-state index in [9.17, 15) is 4.79 Å². The number of halogens is 1. The number of aromatic nitrogens is 1. The molecule has 0 radical (unpaired) electrons. The van der Waals surface area contributed by atoms with Crippen LogP contribution in [0.1, 0.15) is 29.8 Å². The van der Waals surface area contributed by atoms with Gasteiger partial charge in [-0.1, -0.05) is 11.6 Å². The zero-order valence-electron chi connectivity index (χ0n) is 9.27. The van der Waals surface area contributed by atoms with Crippen LogP contribution in [0.25, 0.3) is 0 Å². The van der Waals surface area contributed by atoms with Crippen LogP contribution in [-0.4, -0.2) is 28.4 Å². The number of amides is 1. The van der Waals surface area contributed by atoms with Crippen molar-refractivity contribution in [3.8, 4) is 6.07 Å². The number of carbonyl (C=O) groups is 1. The van der Waals surface area contributed by atoms with Crippen LogP contribution >= 0.6 is 11.6 Å². The molecule has 1 aromatic rings. The van der Waals surface area contributed by atoms with Gasteiger partial charge in [0.2, 0.25) is 0 Å². The number of carbonyl (C=O) groups excluding carboxylic acids is 1. The van der Waals surface area contributed by atoms with Crippen molar-refractivity contribution in [1.82, 2.24) is 9.88 Å². The Hall–Kier alpha value is -1.60. The highest BCUT2D eigenvalue weighted by molar-refractivity contribution is 6.30. The number of pyridine rings is 1. The third kappa shape index (κ3) is 2.95. The zero-order valence-corrected chi connectivity index (χ0v) is 10.0. The molecule has 1 amide bonds. The normalized spacial score (nSPS) is 14.1. The third-order valence-electron chi connectivity index (χ3n) is 2.65. The molecule has 0 spiro atoms. The van der Waals surface area contributed by atoms with Gasteiger partial charge in [0.05, 0.1) is 12.5 Å². The molecule has 0 atom stereocenters. The molecule has 1 fully saturated rings. The van der Waals surface area contributed by atoms with Crippen LogP contribution in [0, 0.1) is 11.3 Å². The number of hydrogen-bond acceptors (Lipinski definition) is 3. The van der Waals surface area contributed by atoms with E-state index in [0.717, 1.165) is 12.8 Å². The topological polar surface area (TPSA) is 57.0 Å². The van der Waals surface area contributed by atoms with Crippen LogP contribution < -0.4 is 0 Å². The van der Waals surface area contributed by atoms with E-state index in [4.69, 9.17) is 16.9 Å². The molecule has 0 bridgehead atoms. The SMILES string of the molecule is N#CCCN(C(=O)c1cc(Cl)ccn1)C1CC1. The van der Waals surface area contributed by atoms with E-state index in [2.05, 4.69) is 11.1 Å². The standard InChI is InChI=1S/C12H12ClN3O/c13-9-4-6-15-11(8-9)12(17)16(7-1-5-14)10-2-3-10/h4,6,8,10H,1-3,7H2. The minimum Gasteiger partial charge on any atom is -0.333 e. The summed E-state index contributed by atoms with van der Waals surface area (Å²) in [5.74, 6) is -0.134. The van der Waals surface area contributed by atoms with Crippen LogP contribution in [0.4, 0.5) is 0 Å². The molecule has 2 rings (SSSR count). The van der Waals surface area contributed by atoms with Crippen molar-refractivity contribution in [2.75, 3.05) is 6.54 Å². The Morgan fingerprint density at radius 3 is 3.00 bits per heavy atom. The highest BCUT2D eigenvalue weighted by atomic mass is 35.5. The molecular weight excluding hydrogens is 238 g/mol. The summed E-state index contributed by atoms with van der Waals surface area (Å²) in [5, 5.41) is 9.09. The monoisotopic (exact) mass is 249 g/mol. The second-order valence-electron chi connectivity index (χ2n) is 4.00. The summed E-state index contributed by atoms with van der Waals surface area (Å²) in [6.45, 7) is 0.466. The Labute approximate surface area is 105 Å². The van der Waals surface area contributed by atoms with Crippen LogP contribution in [0.5, 0.6) is 0 Å². The van der Waals surface area contributed by atoms with Gasteiger partial charge in [0.15, 0.2) is 0 Å². The Morgan fingerprint density at radius 2 is 2.41 bits per heavy atom. The maximum absolute atomic E-state index is 12.2. The van der Waals surface area contributed by atoms with Crippen LogP contribution in [-0.2, 0) is 0 Å². The highest BCUT2D eigenvalue weighted by Gasteiger charge is 2.33. The maximum Gasteiger partial charge on any atom is 0.272 e. The van der Waals surface area contributed by atoms with E-state index in [1.807, 2.05) is 0 Å². The number of nitrogens with zero attached hydrogens (tertiary/aromatic N) is 3. The van der Waals surface area contributed by atoms with E-state index in [1.54, 1.807) is 17.0 Å². The quantitative estimate of drug-likeness (QED) is 0.822. The van der Waals surface area contributed by atoms with Crippen molar-refractivity contribution >= 4 is 17.5 Å². The number of hydrogen-bond donors (Lipinski definition) is 0. The lowest BCUT2D eigenvalue weighted by Gasteiger charge is -2.20. The first-order chi connectivity index (χ1) is 8.22. The summed E-state index contributed by atoms with van der Waals surface area (Å²) < 4.78 is 0. The lowest BCUT2D eigenvalue weighted by molar-refractivity contribution is 0.0741. The Morgan fingerprint density at radius 1 is 1.65 bits per heavy atom. The van der Waals surface area contributed by atoms with E-state index >= 15 is 0 Å². The van der Waals surface area contributed by atoms with Crippen molar-refractivity contribution in [2.24, 2.45) is 0 Å². The fourth-order valence-corrected chi connectivity index (χ4v) is 1.84. The summed E-state index contributed by atoms with van der Waals surface area (Å²) in [4.78, 5) is 17.9. The van der Waals surface area contributed by atoms with Gasteiger partial charge in [-0.25, -0.2) is 0 Å². The molecule has 88 valence electrons. The summed E-state index contributed by atoms with van der Waals surface area (Å²) in [6, 6.07) is 5.53. The summed E-state index contributed by atoms with van der Waals surface area (Å²) in [5.41, 5.74) is 0.349. The van der Waals surface area contributed by atoms with Crippen molar-refractivity contribution in [2.45, 2.75) is 25.3 Å². The fourth-order valence-electron chi connectivity index (χ4n) is 1.68. The van der Waals surface area contributed by atoms with E-state index in [0.29, 0.717) is 23.7 Å². The summed E-state index contributed by atoms with van der Waals surface area (Å²) in [7, 11) is 0. The first-order valence-electron chi connectivity index (χ1n) is 5.52. The molecular formula is C12H12ClN3O. The van der Waals surface area contributed by atoms with Gasteiger partial charge in [0.25, 0.3) is 5.91 Å². The van der Waals surface area contributed by atoms with E-state index < -0.39 is 0 Å². The van der Waals surface area contributed by atoms with Gasteiger partial charge in [-0.2, -0.15) is 5.26 Å². The molecule has 0 unspecified atom stereocenters. The molecule has 1 heterocycles. The van der Waals surface area contributed by atoms with Crippen molar-refractivity contribution in [3.63, 3.8) is 0 Å². The Kier molecular flexibility index (Phi) is 3.60. The maximum atomic E-state index is 12.2. The van der Waals surface area contributed by atoms with Crippen molar-refractivity contribution < 1.29 is 4.79 Å². The Bertz CT molecular complexity index is 465. The first kappa shape index (κ1) is 11.9. The van der Waals surface area contributed by atoms with Crippen molar-refractivity contribution in [3.05, 3.63) is 29.0 Å². The minimum atomic E-state index is -0.134. The highest BCUT2D eigenvalue weighted by Crippen LogP contribution is 2.28. The van der Waals surface area contributed by atoms with E-state index in [-0.39, 0.29) is 11.9 Å². The van der Waals surface area contributed by atoms with Gasteiger partial charge >= 0.3 is 0 Å². The predicted molar refractivity (Wildman–Crippen MR) is 63.5 cm³/mol. The molecule has 0 saturated heterocycles. The molecule has 0 aromatic carbocycles. The van der Waals surface area contributed by atoms with Gasteiger partial charge < -0.3 is 4.90 Å². The molecule has 1 saturated carbocycles. The molecule has 4 nitrogen and oxygen atoms in total. The van der Waals surface area contributed by atoms with Crippen LogP contribution in [0.2, 0.25) is 5.02 Å². The van der Waals surface area contributed by atoms with Gasteiger partial charge in [0, 0.05) is 23.8 Å². The lowest BCUT2D eigenvalue weighted by Crippen LogP contribution is -2.34. The second-order valence-corrected chi connectivity index (χ2v) is 4.43. The van der Waals surface area contributed by atoms with Crippen LogP contribution in [0.3, 0.4) is 0 Å². The van der Waals surface area contributed by atoms with Gasteiger partial charge in [-0.3, -0.25) is 9.78 Å². The largest absolute Gasteiger partial charge is 0.333 e. The number of rotatable bonds is 4. The summed E-state index contributed by atoms with van der Waals surface area (Å²) >= 11 is 5.83. The first-order valence-corrected chi connectivity index (χ1v) is 5.89. The molecule has 1 aliphatic carbocycles. The third-order valence-corrected chi connectivity index (χ3v) is 2.89. The molecule has 1 aliphatic rings. The van der Waals surface area contributed by atoms with Crippen molar-refractivity contribution in [1.29, 1.82) is 5.26 Å². The molecule has 5 heteroatoms. The summed E-state index contributed by atoms with van der Waals surface area (Å²) in [6.07, 6.45) is 3.89. The average molecular weight is 250 g/mol. The lowest BCUT2D eigenvalue weighted by atomic mass is 10.3. The minimum absolute atomic E-state index is 0.134. The second kappa shape index (κ2) is 5.15. The van der Waals surface area contributed by atoms with Gasteiger partial charge in [-0.15, -0.1) is 0 Å². The van der Waals surface area contributed by atoms with Crippen LogP contribution in [0.15, 0.2) is 18.3 Å².